The molecule has 1 aromatic heterocycles. The van der Waals surface area contributed by atoms with Crippen LogP contribution >= 0.6 is 0 Å². The van der Waals surface area contributed by atoms with Crippen LogP contribution in [0.1, 0.15) is 38.2 Å². The highest BCUT2D eigenvalue weighted by Gasteiger charge is 2.43. The second-order valence-corrected chi connectivity index (χ2v) is 6.79. The second kappa shape index (κ2) is 6.42. The van der Waals surface area contributed by atoms with E-state index in [-0.39, 0.29) is 24.0 Å². The molecule has 1 aliphatic heterocycles. The van der Waals surface area contributed by atoms with Crippen LogP contribution in [-0.4, -0.2) is 42.1 Å². The van der Waals surface area contributed by atoms with Gasteiger partial charge in [0.15, 0.2) is 0 Å². The number of fused-ring (bicyclic) bond motifs is 1. The van der Waals surface area contributed by atoms with Gasteiger partial charge in [-0.3, -0.25) is 9.69 Å². The highest BCUT2D eigenvalue weighted by atomic mass is 16.5. The molecule has 0 bridgehead atoms. The Kier molecular flexibility index (Phi) is 4.54. The Morgan fingerprint density at radius 2 is 2.23 bits per heavy atom. The Morgan fingerprint density at radius 1 is 1.41 bits per heavy atom. The summed E-state index contributed by atoms with van der Waals surface area (Å²) in [6, 6.07) is 4.55. The predicted octanol–water partition coefficient (Wildman–Crippen LogP) is 2.09. The molecule has 1 N–H and O–H groups in total. The molecule has 22 heavy (non-hydrogen) atoms. The van der Waals surface area contributed by atoms with Crippen molar-refractivity contribution in [2.45, 2.75) is 58.3 Å². The van der Waals surface area contributed by atoms with Gasteiger partial charge in [0.05, 0.1) is 19.3 Å². The lowest BCUT2D eigenvalue weighted by molar-refractivity contribution is -0.125. The molecular formula is C17H26N2O3. The van der Waals surface area contributed by atoms with Crippen LogP contribution in [0.4, 0.5) is 0 Å². The first kappa shape index (κ1) is 15.6. The Balaban J connectivity index is 1.64. The van der Waals surface area contributed by atoms with Crippen molar-refractivity contribution in [3.05, 3.63) is 23.7 Å². The topological polar surface area (TPSA) is 54.7 Å². The molecule has 1 saturated heterocycles. The van der Waals surface area contributed by atoms with Gasteiger partial charge in [0, 0.05) is 24.5 Å². The van der Waals surface area contributed by atoms with E-state index in [9.17, 15) is 4.79 Å². The molecule has 1 aromatic rings. The van der Waals surface area contributed by atoms with E-state index in [1.54, 1.807) is 0 Å². The van der Waals surface area contributed by atoms with Crippen LogP contribution in [0.15, 0.2) is 16.5 Å². The molecule has 1 amide bonds. The maximum atomic E-state index is 12.3. The summed E-state index contributed by atoms with van der Waals surface area (Å²) in [5, 5.41) is 3.03. The zero-order valence-corrected chi connectivity index (χ0v) is 13.7. The van der Waals surface area contributed by atoms with Gasteiger partial charge in [-0.05, 0) is 45.7 Å². The average molecular weight is 306 g/mol. The van der Waals surface area contributed by atoms with Crippen LogP contribution in [0, 0.1) is 12.8 Å². The third-order valence-electron chi connectivity index (χ3n) is 4.61. The zero-order valence-electron chi connectivity index (χ0n) is 13.7. The van der Waals surface area contributed by atoms with E-state index in [1.807, 2.05) is 32.9 Å². The quantitative estimate of drug-likeness (QED) is 0.925. The SMILES string of the molecule is Cc1ccc(CN2CCO[C@@H]3C[C@@H](C(=O)NC(C)C)C[C@H]32)o1. The second-order valence-electron chi connectivity index (χ2n) is 6.79. The normalized spacial score (nSPS) is 28.8. The first-order valence-electron chi connectivity index (χ1n) is 8.24. The van der Waals surface area contributed by atoms with Crippen LogP contribution in [0.5, 0.6) is 0 Å². The molecule has 122 valence electrons. The molecule has 0 unspecified atom stereocenters. The molecule has 0 radical (unpaired) electrons. The fraction of sp³-hybridized carbons (Fsp3) is 0.706. The first-order valence-corrected chi connectivity index (χ1v) is 8.24. The maximum absolute atomic E-state index is 12.3. The first-order chi connectivity index (χ1) is 10.5. The monoisotopic (exact) mass is 306 g/mol. The average Bonchev–Trinajstić information content (AvgIpc) is 3.05. The summed E-state index contributed by atoms with van der Waals surface area (Å²) >= 11 is 0. The van der Waals surface area contributed by atoms with Crippen molar-refractivity contribution in [2.24, 2.45) is 5.92 Å². The van der Waals surface area contributed by atoms with Crippen LogP contribution < -0.4 is 5.32 Å². The Bertz CT molecular complexity index is 526. The Labute approximate surface area is 132 Å². The van der Waals surface area contributed by atoms with Crippen molar-refractivity contribution >= 4 is 5.91 Å². The van der Waals surface area contributed by atoms with Gasteiger partial charge < -0.3 is 14.5 Å². The molecule has 0 spiro atoms. The van der Waals surface area contributed by atoms with Crippen molar-refractivity contribution < 1.29 is 13.9 Å². The number of ether oxygens (including phenoxy) is 1. The highest BCUT2D eigenvalue weighted by molar-refractivity contribution is 5.79. The number of aryl methyl sites for hydroxylation is 1. The number of furan rings is 1. The molecule has 1 saturated carbocycles. The van der Waals surface area contributed by atoms with Crippen LogP contribution in [-0.2, 0) is 16.1 Å². The van der Waals surface area contributed by atoms with Gasteiger partial charge in [-0.2, -0.15) is 0 Å². The number of hydrogen-bond donors (Lipinski definition) is 1. The van der Waals surface area contributed by atoms with E-state index in [0.29, 0.717) is 6.04 Å². The summed E-state index contributed by atoms with van der Waals surface area (Å²) in [4.78, 5) is 14.7. The van der Waals surface area contributed by atoms with Gasteiger partial charge in [-0.25, -0.2) is 0 Å². The smallest absolute Gasteiger partial charge is 0.223 e. The van der Waals surface area contributed by atoms with Gasteiger partial charge in [-0.15, -0.1) is 0 Å². The molecule has 5 heteroatoms. The molecule has 1 aliphatic carbocycles. The van der Waals surface area contributed by atoms with Crippen LogP contribution in [0.25, 0.3) is 0 Å². The summed E-state index contributed by atoms with van der Waals surface area (Å²) in [5.74, 6) is 2.17. The standard InChI is InChI=1S/C17H26N2O3/c1-11(2)18-17(20)13-8-15-16(9-13)21-7-6-19(15)10-14-5-4-12(3)22-14/h4-5,11,13,15-16H,6-10H2,1-3H3,(H,18,20)/t13-,15+,16+/m0/s1. The molecule has 5 nitrogen and oxygen atoms in total. The Morgan fingerprint density at radius 3 is 2.91 bits per heavy atom. The fourth-order valence-electron chi connectivity index (χ4n) is 3.61. The molecule has 3 rings (SSSR count). The minimum atomic E-state index is 0.0661. The van der Waals surface area contributed by atoms with Crippen LogP contribution in [0.3, 0.4) is 0 Å². The zero-order chi connectivity index (χ0) is 15.7. The lowest BCUT2D eigenvalue weighted by Crippen LogP contribution is -2.47. The lowest BCUT2D eigenvalue weighted by Gasteiger charge is -2.37. The molecular weight excluding hydrogens is 280 g/mol. The predicted molar refractivity (Wildman–Crippen MR) is 83.4 cm³/mol. The largest absolute Gasteiger partial charge is 0.465 e. The molecule has 3 atom stereocenters. The summed E-state index contributed by atoms with van der Waals surface area (Å²) in [6.07, 6.45) is 1.88. The summed E-state index contributed by atoms with van der Waals surface area (Å²) < 4.78 is 11.6. The number of carbonyl (C=O) groups excluding carboxylic acids is 1. The number of nitrogens with zero attached hydrogens (tertiary/aromatic N) is 1. The number of carbonyl (C=O) groups is 1. The molecule has 2 heterocycles. The molecule has 0 aromatic carbocycles. The summed E-state index contributed by atoms with van der Waals surface area (Å²) in [5.41, 5.74) is 0. The van der Waals surface area contributed by atoms with Gasteiger partial charge in [-0.1, -0.05) is 0 Å². The minimum absolute atomic E-state index is 0.0661. The number of amides is 1. The summed E-state index contributed by atoms with van der Waals surface area (Å²) in [7, 11) is 0. The van der Waals surface area contributed by atoms with Gasteiger partial charge in [0.1, 0.15) is 11.5 Å². The maximum Gasteiger partial charge on any atom is 0.223 e. The minimum Gasteiger partial charge on any atom is -0.465 e. The highest BCUT2D eigenvalue weighted by Crippen LogP contribution is 2.35. The molecule has 2 fully saturated rings. The van der Waals surface area contributed by atoms with E-state index in [1.165, 1.54) is 0 Å². The molecule has 2 aliphatic rings. The van der Waals surface area contributed by atoms with E-state index in [4.69, 9.17) is 9.15 Å². The van der Waals surface area contributed by atoms with Gasteiger partial charge in [0.2, 0.25) is 5.91 Å². The van der Waals surface area contributed by atoms with Crippen molar-refractivity contribution in [3.8, 4) is 0 Å². The van der Waals surface area contributed by atoms with E-state index < -0.39 is 0 Å². The van der Waals surface area contributed by atoms with Crippen LogP contribution in [0.2, 0.25) is 0 Å². The van der Waals surface area contributed by atoms with Gasteiger partial charge >= 0.3 is 0 Å². The summed E-state index contributed by atoms with van der Waals surface area (Å²) in [6.45, 7) is 8.41. The van der Waals surface area contributed by atoms with Crippen molar-refractivity contribution in [1.29, 1.82) is 0 Å². The van der Waals surface area contributed by atoms with Crippen molar-refractivity contribution in [3.63, 3.8) is 0 Å². The number of rotatable bonds is 4. The third-order valence-corrected chi connectivity index (χ3v) is 4.61. The fourth-order valence-corrected chi connectivity index (χ4v) is 3.61. The number of hydrogen-bond acceptors (Lipinski definition) is 4. The van der Waals surface area contributed by atoms with E-state index in [0.717, 1.165) is 44.1 Å². The van der Waals surface area contributed by atoms with Crippen molar-refractivity contribution in [1.82, 2.24) is 10.2 Å². The van der Waals surface area contributed by atoms with Gasteiger partial charge in [0.25, 0.3) is 0 Å². The third kappa shape index (κ3) is 3.36. The van der Waals surface area contributed by atoms with E-state index >= 15 is 0 Å². The number of nitrogens with one attached hydrogen (secondary N) is 1. The van der Waals surface area contributed by atoms with Crippen molar-refractivity contribution in [2.75, 3.05) is 13.2 Å². The lowest BCUT2D eigenvalue weighted by atomic mass is 10.1. The van der Waals surface area contributed by atoms with E-state index in [2.05, 4.69) is 10.2 Å². The Hall–Kier alpha value is -1.33. The number of morpholine rings is 1.